The van der Waals surface area contributed by atoms with Gasteiger partial charge in [-0.1, -0.05) is 6.07 Å². The Morgan fingerprint density at radius 3 is 2.82 bits per heavy atom. The van der Waals surface area contributed by atoms with Crippen molar-refractivity contribution >= 4 is 23.4 Å². The molecule has 1 saturated heterocycles. The third kappa shape index (κ3) is 2.74. The Bertz CT molecular complexity index is 1020. The maximum Gasteiger partial charge on any atom is 0.255 e. The molecule has 0 radical (unpaired) electrons. The second-order valence-corrected chi connectivity index (χ2v) is 7.49. The first-order valence-electron chi connectivity index (χ1n) is 9.62. The zero-order valence-corrected chi connectivity index (χ0v) is 15.3. The molecule has 0 aliphatic carbocycles. The molecular weight excluding hydrogens is 356 g/mol. The van der Waals surface area contributed by atoms with Gasteiger partial charge in [0, 0.05) is 30.6 Å². The van der Waals surface area contributed by atoms with Gasteiger partial charge in [0.2, 0.25) is 11.8 Å². The maximum atomic E-state index is 12.8. The van der Waals surface area contributed by atoms with Gasteiger partial charge in [-0.3, -0.25) is 24.7 Å². The Morgan fingerprint density at radius 2 is 1.96 bits per heavy atom. The van der Waals surface area contributed by atoms with Crippen LogP contribution in [0.1, 0.15) is 40.9 Å². The molecule has 1 aromatic carbocycles. The van der Waals surface area contributed by atoms with Crippen LogP contribution < -0.4 is 10.6 Å². The lowest BCUT2D eigenvalue weighted by Crippen LogP contribution is -2.52. The van der Waals surface area contributed by atoms with Crippen LogP contribution in [0.5, 0.6) is 0 Å². The number of amides is 3. The van der Waals surface area contributed by atoms with Gasteiger partial charge < -0.3 is 10.2 Å². The van der Waals surface area contributed by atoms with Crippen molar-refractivity contribution in [3.63, 3.8) is 0 Å². The van der Waals surface area contributed by atoms with Crippen molar-refractivity contribution in [1.82, 2.24) is 15.2 Å². The zero-order valence-electron chi connectivity index (χ0n) is 15.3. The minimum atomic E-state index is -0.589. The van der Waals surface area contributed by atoms with E-state index in [2.05, 4.69) is 16.7 Å². The van der Waals surface area contributed by atoms with Crippen LogP contribution >= 0.6 is 0 Å². The summed E-state index contributed by atoms with van der Waals surface area (Å²) in [6.07, 6.45) is 2.66. The standard InChI is InChI=1S/C21H20N4O3/c26-19-8-7-18(20(27)24-19)25-11-13-10-12(3-4-14(13)21(25)28)15-5-6-16-17(23-15)2-1-9-22-16/h3-6,10,18,22H,1-2,7-9,11H2,(H,24,26,27). The number of hydrogen-bond acceptors (Lipinski definition) is 5. The minimum absolute atomic E-state index is 0.154. The third-order valence-electron chi connectivity index (χ3n) is 5.70. The molecule has 0 bridgehead atoms. The summed E-state index contributed by atoms with van der Waals surface area (Å²) >= 11 is 0. The van der Waals surface area contributed by atoms with E-state index in [0.717, 1.165) is 47.6 Å². The van der Waals surface area contributed by atoms with Crippen molar-refractivity contribution in [3.05, 3.63) is 47.2 Å². The van der Waals surface area contributed by atoms with Crippen LogP contribution in [0.25, 0.3) is 11.3 Å². The summed E-state index contributed by atoms with van der Waals surface area (Å²) < 4.78 is 0. The van der Waals surface area contributed by atoms with E-state index in [0.29, 0.717) is 18.5 Å². The Morgan fingerprint density at radius 1 is 1.07 bits per heavy atom. The molecule has 0 saturated carbocycles. The van der Waals surface area contributed by atoms with Crippen molar-refractivity contribution in [2.75, 3.05) is 11.9 Å². The van der Waals surface area contributed by atoms with Crippen LogP contribution in [0.4, 0.5) is 5.69 Å². The number of rotatable bonds is 2. The van der Waals surface area contributed by atoms with Crippen molar-refractivity contribution in [3.8, 4) is 11.3 Å². The van der Waals surface area contributed by atoms with Crippen LogP contribution in [0.15, 0.2) is 30.3 Å². The Kier molecular flexibility index (Phi) is 3.89. The minimum Gasteiger partial charge on any atom is -0.384 e. The van der Waals surface area contributed by atoms with Gasteiger partial charge in [-0.25, -0.2) is 0 Å². The Balaban J connectivity index is 1.43. The average molecular weight is 376 g/mol. The molecule has 4 heterocycles. The summed E-state index contributed by atoms with van der Waals surface area (Å²) in [5.41, 5.74) is 5.53. The largest absolute Gasteiger partial charge is 0.384 e. The number of aromatic nitrogens is 1. The molecule has 1 unspecified atom stereocenters. The predicted octanol–water partition coefficient (Wildman–Crippen LogP) is 1.87. The molecule has 1 fully saturated rings. The molecule has 28 heavy (non-hydrogen) atoms. The summed E-state index contributed by atoms with van der Waals surface area (Å²) in [6, 6.07) is 9.19. The summed E-state index contributed by atoms with van der Waals surface area (Å²) in [5.74, 6) is -0.819. The molecular formula is C21H20N4O3. The van der Waals surface area contributed by atoms with Crippen molar-refractivity contribution in [2.24, 2.45) is 0 Å². The number of fused-ring (bicyclic) bond motifs is 2. The summed E-state index contributed by atoms with van der Waals surface area (Å²) in [5, 5.41) is 5.69. The number of nitrogens with one attached hydrogen (secondary N) is 2. The monoisotopic (exact) mass is 376 g/mol. The number of hydrogen-bond donors (Lipinski definition) is 2. The highest BCUT2D eigenvalue weighted by Crippen LogP contribution is 2.32. The lowest BCUT2D eigenvalue weighted by atomic mass is 10.0. The topological polar surface area (TPSA) is 91.4 Å². The molecule has 1 atom stereocenters. The molecule has 142 valence electrons. The molecule has 2 N–H and O–H groups in total. The van der Waals surface area contributed by atoms with E-state index in [1.165, 1.54) is 0 Å². The maximum absolute atomic E-state index is 12.8. The molecule has 3 aliphatic rings. The molecule has 5 rings (SSSR count). The number of nitrogens with zero attached hydrogens (tertiary/aromatic N) is 2. The Hall–Kier alpha value is -3.22. The highest BCUT2D eigenvalue weighted by atomic mass is 16.2. The number of piperidine rings is 1. The lowest BCUT2D eigenvalue weighted by Gasteiger charge is -2.29. The smallest absolute Gasteiger partial charge is 0.255 e. The number of aryl methyl sites for hydroxylation is 1. The van der Waals surface area contributed by atoms with E-state index in [1.54, 1.807) is 4.90 Å². The fourth-order valence-electron chi connectivity index (χ4n) is 4.23. The van der Waals surface area contributed by atoms with Gasteiger partial charge in [-0.2, -0.15) is 0 Å². The van der Waals surface area contributed by atoms with Crippen molar-refractivity contribution in [2.45, 2.75) is 38.3 Å². The van der Waals surface area contributed by atoms with E-state index in [9.17, 15) is 14.4 Å². The van der Waals surface area contributed by atoms with E-state index in [-0.39, 0.29) is 24.1 Å². The van der Waals surface area contributed by atoms with Gasteiger partial charge in [0.05, 0.1) is 17.1 Å². The van der Waals surface area contributed by atoms with E-state index in [4.69, 9.17) is 4.98 Å². The van der Waals surface area contributed by atoms with Crippen molar-refractivity contribution < 1.29 is 14.4 Å². The van der Waals surface area contributed by atoms with Crippen LogP contribution in [0.2, 0.25) is 0 Å². The highest BCUT2D eigenvalue weighted by Gasteiger charge is 2.39. The number of carbonyl (C=O) groups is 3. The van der Waals surface area contributed by atoms with Crippen LogP contribution in [0, 0.1) is 0 Å². The number of anilines is 1. The summed E-state index contributed by atoms with van der Waals surface area (Å²) in [6.45, 7) is 1.35. The number of benzene rings is 1. The fourth-order valence-corrected chi connectivity index (χ4v) is 4.23. The Labute approximate surface area is 162 Å². The molecule has 2 aromatic rings. The van der Waals surface area contributed by atoms with Gasteiger partial charge in [0.15, 0.2) is 0 Å². The predicted molar refractivity (Wildman–Crippen MR) is 103 cm³/mol. The average Bonchev–Trinajstić information content (AvgIpc) is 3.03. The number of imide groups is 1. The van der Waals surface area contributed by atoms with Crippen molar-refractivity contribution in [1.29, 1.82) is 0 Å². The lowest BCUT2D eigenvalue weighted by molar-refractivity contribution is -0.136. The third-order valence-corrected chi connectivity index (χ3v) is 5.70. The second kappa shape index (κ2) is 6.44. The number of carbonyl (C=O) groups excluding carboxylic acids is 3. The first-order valence-corrected chi connectivity index (χ1v) is 9.62. The van der Waals surface area contributed by atoms with Gasteiger partial charge in [0.25, 0.3) is 5.91 Å². The molecule has 7 heteroatoms. The second-order valence-electron chi connectivity index (χ2n) is 7.49. The van der Waals surface area contributed by atoms with E-state index in [1.807, 2.05) is 24.3 Å². The SMILES string of the molecule is O=C1CCC(N2Cc3cc(-c4ccc5c(n4)CCCN5)ccc3C2=O)C(=O)N1. The summed E-state index contributed by atoms with van der Waals surface area (Å²) in [4.78, 5) is 42.7. The molecule has 3 amide bonds. The quantitative estimate of drug-likeness (QED) is 0.781. The van der Waals surface area contributed by atoms with Gasteiger partial charge in [-0.05, 0) is 49.1 Å². The molecule has 7 nitrogen and oxygen atoms in total. The molecule has 0 spiro atoms. The van der Waals surface area contributed by atoms with Gasteiger partial charge >= 0.3 is 0 Å². The first kappa shape index (κ1) is 16.9. The summed E-state index contributed by atoms with van der Waals surface area (Å²) in [7, 11) is 0. The molecule has 1 aromatic heterocycles. The van der Waals surface area contributed by atoms with Gasteiger partial charge in [-0.15, -0.1) is 0 Å². The van der Waals surface area contributed by atoms with E-state index >= 15 is 0 Å². The number of pyridine rings is 1. The highest BCUT2D eigenvalue weighted by molar-refractivity contribution is 6.05. The van der Waals surface area contributed by atoms with Crippen LogP contribution in [-0.4, -0.2) is 40.2 Å². The fraction of sp³-hybridized carbons (Fsp3) is 0.333. The van der Waals surface area contributed by atoms with Crippen LogP contribution in [0.3, 0.4) is 0 Å². The van der Waals surface area contributed by atoms with Gasteiger partial charge in [0.1, 0.15) is 6.04 Å². The van der Waals surface area contributed by atoms with Crippen LogP contribution in [-0.2, 0) is 22.6 Å². The van der Waals surface area contributed by atoms with E-state index < -0.39 is 6.04 Å². The first-order chi connectivity index (χ1) is 13.6. The molecule has 3 aliphatic heterocycles. The normalized spacial score (nSPS) is 21.1. The zero-order chi connectivity index (χ0) is 19.3.